The van der Waals surface area contributed by atoms with Crippen LogP contribution in [0.2, 0.25) is 0 Å². The Balaban J connectivity index is 1.36. The normalized spacial score (nSPS) is 17.6. The molecule has 1 unspecified atom stereocenters. The number of aromatic nitrogens is 1. The quantitative estimate of drug-likeness (QED) is 0.238. The van der Waals surface area contributed by atoms with Crippen LogP contribution in [0.4, 0.5) is 0 Å². The van der Waals surface area contributed by atoms with Crippen LogP contribution in [-0.2, 0) is 12.8 Å². The molecule has 0 radical (unpaired) electrons. The maximum absolute atomic E-state index is 5.34. The number of para-hydroxylation sites is 1. The maximum Gasteiger partial charge on any atom is 0.162 e. The van der Waals surface area contributed by atoms with E-state index in [1.54, 1.807) is 0 Å². The van der Waals surface area contributed by atoms with Gasteiger partial charge in [-0.25, -0.2) is 4.99 Å². The third kappa shape index (κ3) is 3.08. The zero-order valence-electron chi connectivity index (χ0n) is 21.8. The molecule has 190 valence electrons. The van der Waals surface area contributed by atoms with Crippen molar-refractivity contribution in [2.45, 2.75) is 18.9 Å². The van der Waals surface area contributed by atoms with E-state index in [0.717, 1.165) is 35.6 Å². The van der Waals surface area contributed by atoms with Crippen LogP contribution < -0.4 is 5.32 Å². The van der Waals surface area contributed by atoms with Gasteiger partial charge in [0.05, 0.1) is 28.5 Å². The Morgan fingerprint density at radius 1 is 0.750 bits per heavy atom. The molecule has 0 saturated carbocycles. The van der Waals surface area contributed by atoms with E-state index in [2.05, 4.69) is 125 Å². The van der Waals surface area contributed by atoms with Gasteiger partial charge in [0.1, 0.15) is 0 Å². The van der Waals surface area contributed by atoms with E-state index in [9.17, 15) is 0 Å². The van der Waals surface area contributed by atoms with E-state index >= 15 is 0 Å². The average molecular weight is 532 g/mol. The van der Waals surface area contributed by atoms with E-state index < -0.39 is 0 Å². The van der Waals surface area contributed by atoms with Crippen LogP contribution in [0.1, 0.15) is 16.7 Å². The molecule has 3 aliphatic rings. The molecule has 1 N–H and O–H groups in total. The van der Waals surface area contributed by atoms with Crippen molar-refractivity contribution >= 4 is 60.5 Å². The van der Waals surface area contributed by atoms with Crippen LogP contribution in [0.5, 0.6) is 0 Å². The van der Waals surface area contributed by atoms with Gasteiger partial charge < -0.3 is 5.32 Å². The van der Waals surface area contributed by atoms with Crippen molar-refractivity contribution in [3.05, 3.63) is 132 Å². The standard InChI is InChI=1S/C36H25N3S/c1-2-10-22(11-3-1)34-36(38-29-15-7-6-14-28(29)37-34)39-30-16-8-4-13-27(30)33-24-18-19-25-23-12-5-9-17-32(23)40-35(25)26(24)20-21-31(33)39/h1-17,20-21,28,37H,18-19H2. The highest BCUT2D eigenvalue weighted by atomic mass is 32.1. The van der Waals surface area contributed by atoms with E-state index in [1.165, 1.54) is 53.5 Å². The lowest BCUT2D eigenvalue weighted by atomic mass is 9.87. The number of hydrogen-bond acceptors (Lipinski definition) is 3. The molecule has 2 aromatic heterocycles. The van der Waals surface area contributed by atoms with Gasteiger partial charge in [-0.3, -0.25) is 4.57 Å². The Morgan fingerprint density at radius 2 is 1.55 bits per heavy atom. The number of fused-ring (bicyclic) bond motifs is 10. The van der Waals surface area contributed by atoms with Gasteiger partial charge in [0.2, 0.25) is 0 Å². The van der Waals surface area contributed by atoms with Gasteiger partial charge in [-0.2, -0.15) is 0 Å². The van der Waals surface area contributed by atoms with Gasteiger partial charge in [-0.1, -0.05) is 91.0 Å². The highest BCUT2D eigenvalue weighted by Crippen LogP contribution is 2.48. The Morgan fingerprint density at radius 3 is 2.48 bits per heavy atom. The Bertz CT molecular complexity index is 2140. The van der Waals surface area contributed by atoms with Crippen LogP contribution in [0.3, 0.4) is 0 Å². The predicted octanol–water partition coefficient (Wildman–Crippen LogP) is 8.60. The fourth-order valence-corrected chi connectivity index (χ4v) is 8.09. The summed E-state index contributed by atoms with van der Waals surface area (Å²) in [5, 5.41) is 7.89. The van der Waals surface area contributed by atoms with Crippen LogP contribution >= 0.6 is 11.3 Å². The van der Waals surface area contributed by atoms with Crippen LogP contribution in [0, 0.1) is 0 Å². The largest absolute Gasteiger partial charge is 0.370 e. The zero-order valence-corrected chi connectivity index (χ0v) is 22.6. The van der Waals surface area contributed by atoms with Gasteiger partial charge >= 0.3 is 0 Å². The number of nitrogens with one attached hydrogen (secondary N) is 1. The summed E-state index contributed by atoms with van der Waals surface area (Å²) in [5.74, 6) is 0.946. The molecule has 0 saturated heterocycles. The summed E-state index contributed by atoms with van der Waals surface area (Å²) in [4.78, 5) is 6.78. The van der Waals surface area contributed by atoms with E-state index in [4.69, 9.17) is 4.99 Å². The van der Waals surface area contributed by atoms with Crippen molar-refractivity contribution < 1.29 is 0 Å². The fraction of sp³-hybridized carbons (Fsp3) is 0.0833. The molecule has 0 fully saturated rings. The smallest absolute Gasteiger partial charge is 0.162 e. The first-order valence-corrected chi connectivity index (χ1v) is 14.7. The van der Waals surface area contributed by atoms with Crippen LogP contribution in [0.15, 0.2) is 120 Å². The minimum atomic E-state index is 0.0659. The first-order valence-electron chi connectivity index (χ1n) is 13.9. The fourth-order valence-electron chi connectivity index (χ4n) is 6.79. The van der Waals surface area contributed by atoms with Gasteiger partial charge in [0.15, 0.2) is 5.82 Å². The molecular weight excluding hydrogens is 506 g/mol. The lowest BCUT2D eigenvalue weighted by Crippen LogP contribution is -2.37. The molecule has 4 heteroatoms. The van der Waals surface area contributed by atoms with E-state index in [-0.39, 0.29) is 6.04 Å². The minimum absolute atomic E-state index is 0.0659. The summed E-state index contributed by atoms with van der Waals surface area (Å²) in [5.41, 5.74) is 10.0. The Labute approximate surface area is 236 Å². The summed E-state index contributed by atoms with van der Waals surface area (Å²) < 4.78 is 3.77. The molecule has 0 amide bonds. The summed E-state index contributed by atoms with van der Waals surface area (Å²) in [7, 11) is 0. The highest BCUT2D eigenvalue weighted by molar-refractivity contribution is 7.22. The molecule has 0 bridgehead atoms. The molecule has 4 aromatic carbocycles. The van der Waals surface area contributed by atoms with Crippen molar-refractivity contribution in [1.29, 1.82) is 0 Å². The molecule has 1 aliphatic heterocycles. The lowest BCUT2D eigenvalue weighted by molar-refractivity contribution is 0.870. The first kappa shape index (κ1) is 22.2. The number of aryl methyl sites for hydroxylation is 2. The molecular formula is C36H25N3S. The SMILES string of the molecule is C1=CC2=NC(n3c4ccccc4c4c5c(ccc43)-c3sc4ccccc4c3CC5)=C(c3ccccc3)NC2C=C1. The molecule has 9 rings (SSSR count). The van der Waals surface area contributed by atoms with Gasteiger partial charge in [-0.15, -0.1) is 11.3 Å². The number of benzene rings is 4. The predicted molar refractivity (Wildman–Crippen MR) is 170 cm³/mol. The Kier molecular flexibility index (Phi) is 4.66. The van der Waals surface area contributed by atoms with Crippen LogP contribution in [-0.4, -0.2) is 16.3 Å². The maximum atomic E-state index is 5.34. The van der Waals surface area contributed by atoms with Gasteiger partial charge in [-0.05, 0) is 59.2 Å². The molecule has 0 spiro atoms. The molecule has 1 atom stereocenters. The van der Waals surface area contributed by atoms with Crippen molar-refractivity contribution in [1.82, 2.24) is 9.88 Å². The van der Waals surface area contributed by atoms with Crippen molar-refractivity contribution in [2.75, 3.05) is 0 Å². The van der Waals surface area contributed by atoms with Gasteiger partial charge in [0, 0.05) is 25.9 Å². The average Bonchev–Trinajstić information content (AvgIpc) is 3.57. The number of aliphatic imine (C=N–C) groups is 1. The second kappa shape index (κ2) is 8.41. The van der Waals surface area contributed by atoms with Crippen molar-refractivity contribution in [2.24, 2.45) is 4.99 Å². The second-order valence-corrected chi connectivity index (χ2v) is 11.8. The number of nitrogens with zero attached hydrogens (tertiary/aromatic N) is 2. The molecule has 2 aliphatic carbocycles. The van der Waals surface area contributed by atoms with E-state index in [0.29, 0.717) is 0 Å². The number of thiophene rings is 1. The lowest BCUT2D eigenvalue weighted by Gasteiger charge is -2.28. The third-order valence-electron chi connectivity index (χ3n) is 8.55. The number of hydrogen-bond donors (Lipinski definition) is 1. The second-order valence-electron chi connectivity index (χ2n) is 10.7. The topological polar surface area (TPSA) is 29.3 Å². The monoisotopic (exact) mass is 531 g/mol. The van der Waals surface area contributed by atoms with Crippen molar-refractivity contribution in [3.8, 4) is 10.4 Å². The summed E-state index contributed by atoms with van der Waals surface area (Å²) in [6.07, 6.45) is 10.6. The zero-order chi connectivity index (χ0) is 26.2. The molecule has 6 aromatic rings. The Hall–Kier alpha value is -4.67. The van der Waals surface area contributed by atoms with E-state index in [1.807, 2.05) is 11.3 Å². The molecule has 3 nitrogen and oxygen atoms in total. The summed E-state index contributed by atoms with van der Waals surface area (Å²) >= 11 is 1.94. The highest BCUT2D eigenvalue weighted by Gasteiger charge is 2.29. The molecule has 40 heavy (non-hydrogen) atoms. The summed E-state index contributed by atoms with van der Waals surface area (Å²) in [6, 6.07) is 33.1. The first-order chi connectivity index (χ1) is 19.8. The number of rotatable bonds is 2. The van der Waals surface area contributed by atoms with Crippen LogP contribution in [0.25, 0.3) is 53.9 Å². The minimum Gasteiger partial charge on any atom is -0.370 e. The third-order valence-corrected chi connectivity index (χ3v) is 9.79. The molecule has 3 heterocycles. The van der Waals surface area contributed by atoms with Gasteiger partial charge in [0.25, 0.3) is 0 Å². The summed E-state index contributed by atoms with van der Waals surface area (Å²) in [6.45, 7) is 0. The van der Waals surface area contributed by atoms with Crippen molar-refractivity contribution in [3.63, 3.8) is 0 Å². The number of allylic oxidation sites excluding steroid dienone is 2.